The van der Waals surface area contributed by atoms with Crippen LogP contribution >= 0.6 is 11.6 Å². The normalized spacial score (nSPS) is 24.3. The van der Waals surface area contributed by atoms with Gasteiger partial charge in [-0.1, -0.05) is 35.9 Å². The number of nitrogens with zero attached hydrogens (tertiary/aromatic N) is 1. The predicted molar refractivity (Wildman–Crippen MR) is 150 cm³/mol. The minimum absolute atomic E-state index is 0.0563. The lowest BCUT2D eigenvalue weighted by Crippen LogP contribution is -2.55. The summed E-state index contributed by atoms with van der Waals surface area (Å²) in [7, 11) is 0. The lowest BCUT2D eigenvalue weighted by atomic mass is 9.89. The van der Waals surface area contributed by atoms with E-state index in [2.05, 4.69) is 0 Å². The largest absolute Gasteiger partial charge is 0.494 e. The van der Waals surface area contributed by atoms with Gasteiger partial charge in [-0.25, -0.2) is 0 Å². The molecule has 3 aromatic carbocycles. The van der Waals surface area contributed by atoms with Crippen LogP contribution < -0.4 is 9.47 Å². The van der Waals surface area contributed by atoms with Crippen molar-refractivity contribution in [3.05, 3.63) is 94.0 Å². The van der Waals surface area contributed by atoms with Gasteiger partial charge in [0.15, 0.2) is 5.79 Å². The summed E-state index contributed by atoms with van der Waals surface area (Å²) in [6, 6.07) is 19.6. The molecular formula is C31H34ClNO7. The van der Waals surface area contributed by atoms with Crippen LogP contribution in [0.15, 0.2) is 66.7 Å². The fraction of sp³-hybridized carbons (Fsp3) is 0.387. The molecule has 8 nitrogen and oxygen atoms in total. The summed E-state index contributed by atoms with van der Waals surface area (Å²) in [5.41, 5.74) is 2.71. The van der Waals surface area contributed by atoms with Gasteiger partial charge in [-0.3, -0.25) is 4.79 Å². The van der Waals surface area contributed by atoms with E-state index in [1.54, 1.807) is 47.4 Å². The fourth-order valence-electron chi connectivity index (χ4n) is 4.98. The lowest BCUT2D eigenvalue weighted by Gasteiger charge is -2.42. The molecule has 212 valence electrons. The fourth-order valence-corrected chi connectivity index (χ4v) is 5.17. The van der Waals surface area contributed by atoms with Crippen molar-refractivity contribution in [1.29, 1.82) is 0 Å². The zero-order valence-corrected chi connectivity index (χ0v) is 23.1. The van der Waals surface area contributed by atoms with Crippen molar-refractivity contribution in [2.75, 3.05) is 26.3 Å². The number of halogens is 1. The average molecular weight is 568 g/mol. The van der Waals surface area contributed by atoms with E-state index >= 15 is 0 Å². The number of hydrogen-bond donors (Lipinski definition) is 3. The quantitative estimate of drug-likeness (QED) is 0.360. The Morgan fingerprint density at radius 3 is 2.52 bits per heavy atom. The Bertz CT molecular complexity index is 1330. The Morgan fingerprint density at radius 1 is 1.05 bits per heavy atom. The van der Waals surface area contributed by atoms with E-state index in [0.29, 0.717) is 34.9 Å². The maximum Gasteiger partial charge on any atom is 0.253 e. The molecule has 2 aliphatic heterocycles. The Kier molecular flexibility index (Phi) is 8.63. The van der Waals surface area contributed by atoms with Gasteiger partial charge in [0.2, 0.25) is 0 Å². The third-order valence-electron chi connectivity index (χ3n) is 7.37. The smallest absolute Gasteiger partial charge is 0.253 e. The topological polar surface area (TPSA) is 109 Å². The Balaban J connectivity index is 1.29. The number of hydrogen-bond acceptors (Lipinski definition) is 7. The van der Waals surface area contributed by atoms with E-state index in [1.807, 2.05) is 31.2 Å². The summed E-state index contributed by atoms with van der Waals surface area (Å²) < 4.78 is 17.3. The highest BCUT2D eigenvalue weighted by Gasteiger charge is 2.46. The second-order valence-electron chi connectivity index (χ2n) is 10.2. The number of amides is 1. The van der Waals surface area contributed by atoms with Gasteiger partial charge in [0.05, 0.1) is 12.7 Å². The van der Waals surface area contributed by atoms with E-state index in [4.69, 9.17) is 25.8 Å². The van der Waals surface area contributed by atoms with Crippen LogP contribution in [0.5, 0.6) is 11.5 Å². The Hall–Kier alpha value is -3.14. The van der Waals surface area contributed by atoms with Gasteiger partial charge >= 0.3 is 0 Å². The first-order chi connectivity index (χ1) is 19.3. The van der Waals surface area contributed by atoms with Crippen molar-refractivity contribution >= 4 is 17.5 Å². The molecule has 0 spiro atoms. The van der Waals surface area contributed by atoms with Gasteiger partial charge in [-0.2, -0.15) is 0 Å². The summed E-state index contributed by atoms with van der Waals surface area (Å²) in [5.74, 6) is -0.722. The molecule has 2 aliphatic rings. The second kappa shape index (κ2) is 12.2. The van der Waals surface area contributed by atoms with Gasteiger partial charge in [0.1, 0.15) is 30.3 Å². The van der Waals surface area contributed by atoms with Crippen molar-refractivity contribution in [3.63, 3.8) is 0 Å². The molecule has 2 fully saturated rings. The van der Waals surface area contributed by atoms with Crippen LogP contribution in [-0.2, 0) is 16.9 Å². The second-order valence-corrected chi connectivity index (χ2v) is 10.7. The number of carbonyl (C=O) groups is 1. The Morgan fingerprint density at radius 2 is 1.82 bits per heavy atom. The van der Waals surface area contributed by atoms with Crippen molar-refractivity contribution in [1.82, 2.24) is 4.90 Å². The van der Waals surface area contributed by atoms with Gasteiger partial charge in [0, 0.05) is 35.7 Å². The van der Waals surface area contributed by atoms with Crippen molar-refractivity contribution in [3.8, 4) is 11.5 Å². The number of aliphatic hydroxyl groups is 3. The summed E-state index contributed by atoms with van der Waals surface area (Å²) in [5, 5.41) is 33.4. The molecule has 0 aliphatic carbocycles. The number of aliphatic hydroxyl groups excluding tert-OH is 2. The van der Waals surface area contributed by atoms with Gasteiger partial charge in [-0.05, 0) is 73.4 Å². The zero-order chi connectivity index (χ0) is 28.3. The van der Waals surface area contributed by atoms with Crippen LogP contribution in [0.2, 0.25) is 5.02 Å². The van der Waals surface area contributed by atoms with Gasteiger partial charge in [0.25, 0.3) is 5.91 Å². The zero-order valence-electron chi connectivity index (χ0n) is 22.3. The highest BCUT2D eigenvalue weighted by atomic mass is 35.5. The van der Waals surface area contributed by atoms with Crippen LogP contribution in [-0.4, -0.2) is 70.7 Å². The Labute approximate surface area is 238 Å². The van der Waals surface area contributed by atoms with E-state index in [1.165, 1.54) is 0 Å². The molecule has 0 radical (unpaired) electrons. The summed E-state index contributed by atoms with van der Waals surface area (Å²) in [4.78, 5) is 14.3. The highest BCUT2D eigenvalue weighted by molar-refractivity contribution is 6.31. The lowest BCUT2D eigenvalue weighted by molar-refractivity contribution is -0.312. The number of likely N-dealkylation sites (tertiary alicyclic amines) is 1. The maximum absolute atomic E-state index is 12.6. The molecule has 3 aromatic rings. The molecule has 2 heterocycles. The number of benzene rings is 3. The van der Waals surface area contributed by atoms with Crippen molar-refractivity contribution in [2.45, 2.75) is 50.3 Å². The molecule has 2 saturated heterocycles. The van der Waals surface area contributed by atoms with E-state index < -0.39 is 24.1 Å². The predicted octanol–water partition coefficient (Wildman–Crippen LogP) is 3.91. The molecule has 4 atom stereocenters. The maximum atomic E-state index is 12.6. The first-order valence-corrected chi connectivity index (χ1v) is 13.9. The van der Waals surface area contributed by atoms with Crippen molar-refractivity contribution in [2.24, 2.45) is 0 Å². The van der Waals surface area contributed by atoms with Crippen LogP contribution in [0.25, 0.3) is 0 Å². The minimum atomic E-state index is -1.87. The SMILES string of the molecule is CCOc1ccc(Cc2cc([C@]3(O)C[C@@H](O)[C@@H](O)[C@@H](COc4cccc(C(=O)N5CCC5)c4)O3)ccc2Cl)cc1. The average Bonchev–Trinajstić information content (AvgIpc) is 2.91. The molecule has 0 saturated carbocycles. The minimum Gasteiger partial charge on any atom is -0.494 e. The highest BCUT2D eigenvalue weighted by Crippen LogP contribution is 2.38. The molecule has 0 aromatic heterocycles. The summed E-state index contributed by atoms with van der Waals surface area (Å²) in [6.07, 6.45) is -2.28. The third-order valence-corrected chi connectivity index (χ3v) is 7.74. The summed E-state index contributed by atoms with van der Waals surface area (Å²) in [6.45, 7) is 3.86. The molecule has 0 unspecified atom stereocenters. The van der Waals surface area contributed by atoms with Crippen LogP contribution in [0.1, 0.15) is 46.8 Å². The number of ether oxygens (including phenoxy) is 3. The molecular weight excluding hydrogens is 534 g/mol. The number of carbonyl (C=O) groups excluding carboxylic acids is 1. The molecule has 40 heavy (non-hydrogen) atoms. The van der Waals surface area contributed by atoms with Crippen LogP contribution in [0, 0.1) is 0 Å². The first kappa shape index (κ1) is 28.4. The van der Waals surface area contributed by atoms with E-state index in [-0.39, 0.29) is 18.9 Å². The van der Waals surface area contributed by atoms with Gasteiger partial charge in [-0.15, -0.1) is 0 Å². The molecule has 5 rings (SSSR count). The van der Waals surface area contributed by atoms with E-state index in [9.17, 15) is 20.1 Å². The third kappa shape index (κ3) is 6.27. The molecule has 1 amide bonds. The van der Waals surface area contributed by atoms with Crippen LogP contribution in [0.3, 0.4) is 0 Å². The molecule has 9 heteroatoms. The first-order valence-electron chi connectivity index (χ1n) is 13.5. The summed E-state index contributed by atoms with van der Waals surface area (Å²) >= 11 is 6.49. The van der Waals surface area contributed by atoms with Crippen molar-refractivity contribution < 1.29 is 34.3 Å². The van der Waals surface area contributed by atoms with Gasteiger partial charge < -0.3 is 34.4 Å². The standard InChI is InChI=1S/C31H34ClNO7/c1-2-38-24-10-7-20(8-11-24)15-22-16-23(9-12-26(22)32)31(37)18-27(34)29(35)28(40-31)19-39-25-6-3-5-21(17-25)30(36)33-13-4-14-33/h3,5-12,16-17,27-29,34-35,37H,2,4,13-15,18-19H2,1H3/t27-,28-,29-,31+/m1/s1. The molecule has 3 N–H and O–H groups in total. The van der Waals surface area contributed by atoms with Crippen LogP contribution in [0.4, 0.5) is 0 Å². The molecule has 0 bridgehead atoms. The van der Waals surface area contributed by atoms with E-state index in [0.717, 1.165) is 36.4 Å². The number of rotatable bonds is 9. The monoisotopic (exact) mass is 567 g/mol.